The predicted molar refractivity (Wildman–Crippen MR) is 126 cm³/mol. The van der Waals surface area contributed by atoms with Crippen LogP contribution in [0.2, 0.25) is 0 Å². The van der Waals surface area contributed by atoms with Crippen molar-refractivity contribution in [1.82, 2.24) is 0 Å². The van der Waals surface area contributed by atoms with Crippen LogP contribution in [0.1, 0.15) is 44.6 Å². The molecule has 4 nitrogen and oxygen atoms in total. The molecule has 0 saturated heterocycles. The minimum Gasteiger partial charge on any atom is -0.316 e. The number of benzene rings is 2. The summed E-state index contributed by atoms with van der Waals surface area (Å²) in [5.41, 5.74) is 3.10. The lowest BCUT2D eigenvalue weighted by molar-refractivity contribution is -0.118. The molecule has 3 aliphatic rings. The zero-order valence-corrected chi connectivity index (χ0v) is 20.3. The molecule has 0 spiro atoms. The summed E-state index contributed by atoms with van der Waals surface area (Å²) < 4.78 is 41.7. The zero-order valence-electron chi connectivity index (χ0n) is 17.9. The number of hydrogen-bond donors (Lipinski definition) is 0. The Hall–Kier alpha value is -2.25. The van der Waals surface area contributed by atoms with Gasteiger partial charge in [0.25, 0.3) is 0 Å². The molecule has 5 rings (SSSR count). The second-order valence-corrected chi connectivity index (χ2v) is 12.5. The van der Waals surface area contributed by atoms with Gasteiger partial charge in [-0.2, -0.15) is 0 Å². The highest BCUT2D eigenvalue weighted by molar-refractivity contribution is 9.10. The molecule has 0 bridgehead atoms. The number of ketones is 1. The van der Waals surface area contributed by atoms with Crippen LogP contribution in [-0.2, 0) is 14.6 Å². The Labute approximate surface area is 195 Å². The summed E-state index contributed by atoms with van der Waals surface area (Å²) in [5, 5.41) is 0. The second-order valence-electron chi connectivity index (χ2n) is 9.48. The Morgan fingerprint density at radius 2 is 1.78 bits per heavy atom. The van der Waals surface area contributed by atoms with E-state index < -0.39 is 21.6 Å². The van der Waals surface area contributed by atoms with Crippen molar-refractivity contribution in [3.8, 4) is 0 Å². The summed E-state index contributed by atoms with van der Waals surface area (Å²) in [6.07, 6.45) is 1.33. The number of allylic oxidation sites excluding steroid dienone is 4. The van der Waals surface area contributed by atoms with Crippen molar-refractivity contribution < 1.29 is 17.6 Å². The molecule has 2 aromatic carbocycles. The fraction of sp³-hybridized carbons (Fsp3) is 0.320. The summed E-state index contributed by atoms with van der Waals surface area (Å²) >= 11 is 3.46. The molecule has 1 unspecified atom stereocenters. The number of hydrogen-bond acceptors (Lipinski definition) is 4. The third kappa shape index (κ3) is 3.46. The highest BCUT2D eigenvalue weighted by Crippen LogP contribution is 2.54. The summed E-state index contributed by atoms with van der Waals surface area (Å²) in [5.74, 6) is -1.28. The molecule has 7 heteroatoms. The number of Topliss-reactive ketones (excluding diaryl/α,β-unsaturated/α-hetero) is 1. The van der Waals surface area contributed by atoms with Gasteiger partial charge in [0.05, 0.1) is 16.6 Å². The van der Waals surface area contributed by atoms with Crippen LogP contribution in [0.5, 0.6) is 0 Å². The van der Waals surface area contributed by atoms with Crippen LogP contribution in [0.15, 0.2) is 74.9 Å². The predicted octanol–water partition coefficient (Wildman–Crippen LogP) is 5.87. The Morgan fingerprint density at radius 1 is 1.06 bits per heavy atom. The minimum absolute atomic E-state index is 0.00530. The third-order valence-corrected chi connectivity index (χ3v) is 8.89. The normalized spacial score (nSPS) is 23.9. The molecular weight excluding hydrogens is 493 g/mol. The van der Waals surface area contributed by atoms with Gasteiger partial charge in [-0.3, -0.25) is 4.79 Å². The monoisotopic (exact) mass is 515 g/mol. The molecule has 0 fully saturated rings. The van der Waals surface area contributed by atoms with E-state index in [0.717, 1.165) is 15.9 Å². The van der Waals surface area contributed by atoms with E-state index in [1.807, 2.05) is 29.2 Å². The molecule has 2 heterocycles. The number of anilines is 1. The van der Waals surface area contributed by atoms with Crippen LogP contribution in [0.4, 0.5) is 10.1 Å². The quantitative estimate of drug-likeness (QED) is 0.502. The van der Waals surface area contributed by atoms with Crippen LogP contribution in [-0.4, -0.2) is 20.0 Å². The molecule has 1 atom stereocenters. The van der Waals surface area contributed by atoms with Gasteiger partial charge in [0, 0.05) is 40.0 Å². The van der Waals surface area contributed by atoms with Crippen LogP contribution >= 0.6 is 15.9 Å². The van der Waals surface area contributed by atoms with Gasteiger partial charge >= 0.3 is 0 Å². The smallest absolute Gasteiger partial charge is 0.177 e. The van der Waals surface area contributed by atoms with Gasteiger partial charge in [-0.1, -0.05) is 41.9 Å². The number of carbonyl (C=O) groups excluding carboxylic acids is 1. The van der Waals surface area contributed by atoms with Crippen molar-refractivity contribution in [2.75, 3.05) is 10.7 Å². The maximum atomic E-state index is 14.2. The van der Waals surface area contributed by atoms with Gasteiger partial charge in [-0.05, 0) is 53.8 Å². The van der Waals surface area contributed by atoms with E-state index in [-0.39, 0.29) is 21.9 Å². The molecule has 2 aromatic rings. The maximum Gasteiger partial charge on any atom is 0.177 e. The summed E-state index contributed by atoms with van der Waals surface area (Å²) in [7, 11) is -3.59. The molecule has 0 saturated carbocycles. The lowest BCUT2D eigenvalue weighted by Crippen LogP contribution is -2.39. The van der Waals surface area contributed by atoms with E-state index in [0.29, 0.717) is 36.1 Å². The largest absolute Gasteiger partial charge is 0.316 e. The Morgan fingerprint density at radius 3 is 2.47 bits per heavy atom. The highest BCUT2D eigenvalue weighted by atomic mass is 79.9. The molecule has 32 heavy (non-hydrogen) atoms. The van der Waals surface area contributed by atoms with E-state index >= 15 is 0 Å². The van der Waals surface area contributed by atoms with Gasteiger partial charge in [0.1, 0.15) is 5.82 Å². The topological polar surface area (TPSA) is 54.5 Å². The SMILES string of the molecule is CC1(C)CC(=O)C2=C(C1)N(c1ccc(Br)cc1)C1=C(C2c2cccc(F)c2)S(=O)(=O)CC1. The number of halogens is 2. The molecule has 0 N–H and O–H groups in total. The molecule has 0 radical (unpaired) electrons. The van der Waals surface area contributed by atoms with Crippen LogP contribution in [0.25, 0.3) is 0 Å². The molecule has 0 amide bonds. The van der Waals surface area contributed by atoms with E-state index in [1.54, 1.807) is 12.1 Å². The van der Waals surface area contributed by atoms with Gasteiger partial charge in [0.2, 0.25) is 0 Å². The van der Waals surface area contributed by atoms with Gasteiger partial charge in [-0.15, -0.1) is 0 Å². The first kappa shape index (κ1) is 21.6. The average molecular weight is 516 g/mol. The van der Waals surface area contributed by atoms with E-state index in [2.05, 4.69) is 29.8 Å². The van der Waals surface area contributed by atoms with Crippen LogP contribution < -0.4 is 4.90 Å². The van der Waals surface area contributed by atoms with Gasteiger partial charge in [-0.25, -0.2) is 12.8 Å². The summed E-state index contributed by atoms with van der Waals surface area (Å²) in [6.45, 7) is 4.11. The van der Waals surface area contributed by atoms with Crippen molar-refractivity contribution in [3.63, 3.8) is 0 Å². The number of sulfone groups is 1. The standard InChI is InChI=1S/C25H23BrFNO3S/c1-25(2)13-20-23(21(29)14-25)22(15-4-3-5-17(27)12-15)24-19(10-11-32(24,30)31)28(20)18-8-6-16(26)7-9-18/h3-9,12,22H,10-11,13-14H2,1-2H3. The molecular formula is C25H23BrFNO3S. The van der Waals surface area contributed by atoms with Crippen LogP contribution in [0, 0.1) is 11.2 Å². The summed E-state index contributed by atoms with van der Waals surface area (Å²) in [6, 6.07) is 13.7. The highest BCUT2D eigenvalue weighted by Gasteiger charge is 2.50. The fourth-order valence-corrected chi connectivity index (χ4v) is 7.35. The minimum atomic E-state index is -3.59. The van der Waals surface area contributed by atoms with Crippen molar-refractivity contribution in [2.24, 2.45) is 5.41 Å². The number of rotatable bonds is 2. The maximum absolute atomic E-state index is 14.2. The first-order chi connectivity index (χ1) is 15.1. The van der Waals surface area contributed by atoms with Gasteiger partial charge in [0.15, 0.2) is 15.6 Å². The zero-order chi connectivity index (χ0) is 22.8. The first-order valence-corrected chi connectivity index (χ1v) is 13.1. The van der Waals surface area contributed by atoms with Crippen molar-refractivity contribution in [2.45, 2.75) is 39.0 Å². The second kappa shape index (κ2) is 7.39. The average Bonchev–Trinajstić information content (AvgIpc) is 3.01. The fourth-order valence-electron chi connectivity index (χ4n) is 5.24. The van der Waals surface area contributed by atoms with E-state index in [1.165, 1.54) is 12.1 Å². The Bertz CT molecular complexity index is 1310. The third-order valence-electron chi connectivity index (χ3n) is 6.48. The summed E-state index contributed by atoms with van der Waals surface area (Å²) in [4.78, 5) is 15.8. The lowest BCUT2D eigenvalue weighted by Gasteiger charge is -2.44. The first-order valence-electron chi connectivity index (χ1n) is 10.6. The van der Waals surface area contributed by atoms with Crippen LogP contribution in [0.3, 0.4) is 0 Å². The molecule has 166 valence electrons. The molecule has 0 aromatic heterocycles. The van der Waals surface area contributed by atoms with E-state index in [4.69, 9.17) is 0 Å². The van der Waals surface area contributed by atoms with Crippen molar-refractivity contribution in [1.29, 1.82) is 0 Å². The van der Waals surface area contributed by atoms with E-state index in [9.17, 15) is 17.6 Å². The number of carbonyl (C=O) groups is 1. The number of nitrogens with zero attached hydrogens (tertiary/aromatic N) is 1. The Kier molecular flexibility index (Phi) is 4.98. The van der Waals surface area contributed by atoms with Crippen molar-refractivity contribution >= 4 is 37.2 Å². The van der Waals surface area contributed by atoms with Crippen molar-refractivity contribution in [3.05, 3.63) is 86.3 Å². The lowest BCUT2D eigenvalue weighted by atomic mass is 9.70. The molecule has 2 aliphatic heterocycles. The Balaban J connectivity index is 1.83. The molecule has 1 aliphatic carbocycles. The van der Waals surface area contributed by atoms with Gasteiger partial charge < -0.3 is 4.90 Å².